The van der Waals surface area contributed by atoms with Crippen LogP contribution in [-0.4, -0.2) is 17.6 Å². The van der Waals surface area contributed by atoms with Crippen LogP contribution in [0.25, 0.3) is 21.5 Å². The average molecular weight is 423 g/mol. The molecule has 0 aliphatic rings. The van der Waals surface area contributed by atoms with Crippen molar-refractivity contribution in [3.05, 3.63) is 70.9 Å². The number of fused-ring (bicyclic) bond motifs is 1. The van der Waals surface area contributed by atoms with Gasteiger partial charge in [0.1, 0.15) is 22.9 Å². The summed E-state index contributed by atoms with van der Waals surface area (Å²) in [5, 5.41) is 3.80. The number of nitrogens with zero attached hydrogens (tertiary/aromatic N) is 1. The van der Waals surface area contributed by atoms with E-state index in [4.69, 9.17) is 19.6 Å². The molecular weight excluding hydrogens is 400 g/mol. The summed E-state index contributed by atoms with van der Waals surface area (Å²) < 4.78 is 16.8. The topological polar surface area (TPSA) is 87.6 Å². The lowest BCUT2D eigenvalue weighted by Gasteiger charge is -2.12. The van der Waals surface area contributed by atoms with Crippen molar-refractivity contribution < 1.29 is 18.7 Å². The number of ether oxygens (including phenoxy) is 2. The van der Waals surface area contributed by atoms with Crippen LogP contribution in [0.15, 0.2) is 58.5 Å². The first kappa shape index (κ1) is 20.1. The van der Waals surface area contributed by atoms with Gasteiger partial charge in [0, 0.05) is 22.9 Å². The van der Waals surface area contributed by atoms with Crippen LogP contribution in [0.3, 0.4) is 0 Å². The molecule has 0 saturated heterocycles. The van der Waals surface area contributed by atoms with Gasteiger partial charge in [-0.3, -0.25) is 4.79 Å². The van der Waals surface area contributed by atoms with E-state index in [2.05, 4.69) is 4.98 Å². The van der Waals surface area contributed by atoms with E-state index < -0.39 is 0 Å². The lowest BCUT2D eigenvalue weighted by molar-refractivity contribution is -0.142. The van der Waals surface area contributed by atoms with Gasteiger partial charge < -0.3 is 19.6 Å². The summed E-state index contributed by atoms with van der Waals surface area (Å²) in [5.41, 5.74) is 10.1. The molecule has 0 aliphatic heterocycles. The van der Waals surface area contributed by atoms with Gasteiger partial charge in [-0.25, -0.2) is 4.98 Å². The first-order valence-electron chi connectivity index (χ1n) is 9.69. The van der Waals surface area contributed by atoms with Crippen LogP contribution >= 0.6 is 11.3 Å². The van der Waals surface area contributed by atoms with E-state index >= 15 is 0 Å². The zero-order chi connectivity index (χ0) is 20.9. The largest absolute Gasteiger partial charge is 0.489 e. The first-order valence-corrected chi connectivity index (χ1v) is 10.6. The van der Waals surface area contributed by atoms with Gasteiger partial charge in [-0.2, -0.15) is 0 Å². The summed E-state index contributed by atoms with van der Waals surface area (Å²) in [7, 11) is 0. The van der Waals surface area contributed by atoms with E-state index in [9.17, 15) is 4.79 Å². The van der Waals surface area contributed by atoms with Gasteiger partial charge in [0.25, 0.3) is 0 Å². The summed E-state index contributed by atoms with van der Waals surface area (Å²) in [6, 6.07) is 13.5. The fourth-order valence-electron chi connectivity index (χ4n) is 3.23. The van der Waals surface area contributed by atoms with Gasteiger partial charge in [-0.05, 0) is 36.8 Å². The highest BCUT2D eigenvalue weighted by atomic mass is 32.1. The Labute approximate surface area is 178 Å². The highest BCUT2D eigenvalue weighted by molar-refractivity contribution is 7.13. The first-order chi connectivity index (χ1) is 14.7. The summed E-state index contributed by atoms with van der Waals surface area (Å²) in [6.07, 6.45) is 1.85. The summed E-state index contributed by atoms with van der Waals surface area (Å²) >= 11 is 1.54. The molecule has 0 unspecified atom stereocenters. The van der Waals surface area contributed by atoms with E-state index in [0.29, 0.717) is 25.5 Å². The number of hydrogen-bond donors (Lipinski definition) is 1. The van der Waals surface area contributed by atoms with Crippen molar-refractivity contribution in [1.29, 1.82) is 0 Å². The van der Waals surface area contributed by atoms with Crippen molar-refractivity contribution in [2.75, 3.05) is 6.61 Å². The molecule has 0 amide bonds. The summed E-state index contributed by atoms with van der Waals surface area (Å²) in [4.78, 5) is 16.5. The zero-order valence-electron chi connectivity index (χ0n) is 16.6. The molecule has 0 radical (unpaired) electrons. The van der Waals surface area contributed by atoms with Crippen molar-refractivity contribution in [3.8, 4) is 16.3 Å². The molecule has 2 aromatic carbocycles. The summed E-state index contributed by atoms with van der Waals surface area (Å²) in [6.45, 7) is 2.90. The maximum absolute atomic E-state index is 11.9. The van der Waals surface area contributed by atoms with Gasteiger partial charge >= 0.3 is 5.97 Å². The number of carbonyl (C=O) groups is 1. The predicted octanol–water partition coefficient (Wildman–Crippen LogP) is 4.70. The minimum atomic E-state index is -0.268. The number of para-hydroxylation sites is 1. The Balaban J connectivity index is 1.59. The predicted molar refractivity (Wildman–Crippen MR) is 116 cm³/mol. The number of furan rings is 1. The molecule has 0 bridgehead atoms. The molecule has 2 aromatic heterocycles. The number of aromatic nitrogens is 1. The van der Waals surface area contributed by atoms with Gasteiger partial charge in [0.15, 0.2) is 0 Å². The average Bonchev–Trinajstić information content (AvgIpc) is 3.42. The van der Waals surface area contributed by atoms with Crippen LogP contribution in [0.5, 0.6) is 5.75 Å². The second-order valence-corrected chi connectivity index (χ2v) is 7.57. The minimum Gasteiger partial charge on any atom is -0.489 e. The Morgan fingerprint density at radius 1 is 1.23 bits per heavy atom. The molecule has 2 heterocycles. The van der Waals surface area contributed by atoms with Crippen LogP contribution < -0.4 is 10.5 Å². The van der Waals surface area contributed by atoms with Crippen LogP contribution in [0.4, 0.5) is 0 Å². The Bertz CT molecular complexity index is 1160. The molecule has 2 N–H and O–H groups in total. The number of benzene rings is 2. The summed E-state index contributed by atoms with van der Waals surface area (Å²) in [5.74, 6) is 0.397. The van der Waals surface area contributed by atoms with Crippen LogP contribution in [0.1, 0.15) is 23.7 Å². The fourth-order valence-corrected chi connectivity index (χ4v) is 4.08. The van der Waals surface area contributed by atoms with Crippen LogP contribution in [0, 0.1) is 0 Å². The standard InChI is InChI=1S/C23H22N2O4S/c1-2-27-21(26)11-16-5-3-4-6-20(16)29-13-15-9-17-7-8-28-22(17)19(10-15)23-25-18(12-24)14-30-23/h3-10,14H,2,11-13,24H2,1H3. The molecule has 4 aromatic rings. The smallest absolute Gasteiger partial charge is 0.310 e. The Kier molecular flexibility index (Phi) is 6.11. The molecule has 154 valence electrons. The Morgan fingerprint density at radius 2 is 2.10 bits per heavy atom. The monoisotopic (exact) mass is 422 g/mol. The molecule has 0 saturated carbocycles. The highest BCUT2D eigenvalue weighted by Gasteiger charge is 2.14. The van der Waals surface area contributed by atoms with Gasteiger partial charge in [-0.15, -0.1) is 11.3 Å². The van der Waals surface area contributed by atoms with Crippen molar-refractivity contribution in [2.45, 2.75) is 26.5 Å². The molecule has 6 nitrogen and oxygen atoms in total. The minimum absolute atomic E-state index is 0.178. The molecule has 0 aliphatic carbocycles. The molecule has 4 rings (SSSR count). The Hall–Kier alpha value is -3.16. The van der Waals surface area contributed by atoms with Gasteiger partial charge in [0.2, 0.25) is 0 Å². The third kappa shape index (κ3) is 4.37. The number of esters is 1. The van der Waals surface area contributed by atoms with E-state index in [1.165, 1.54) is 11.3 Å². The van der Waals surface area contributed by atoms with Gasteiger partial charge in [0.05, 0.1) is 30.5 Å². The van der Waals surface area contributed by atoms with Crippen LogP contribution in [-0.2, 0) is 29.1 Å². The molecule has 0 spiro atoms. The number of hydrogen-bond acceptors (Lipinski definition) is 7. The van der Waals surface area contributed by atoms with Crippen molar-refractivity contribution in [1.82, 2.24) is 4.98 Å². The van der Waals surface area contributed by atoms with Gasteiger partial charge in [-0.1, -0.05) is 18.2 Å². The van der Waals surface area contributed by atoms with Crippen molar-refractivity contribution >= 4 is 28.3 Å². The quantitative estimate of drug-likeness (QED) is 0.414. The van der Waals surface area contributed by atoms with Crippen LogP contribution in [0.2, 0.25) is 0 Å². The highest BCUT2D eigenvalue weighted by Crippen LogP contribution is 2.33. The molecule has 7 heteroatoms. The second kappa shape index (κ2) is 9.11. The van der Waals surface area contributed by atoms with E-state index in [1.54, 1.807) is 13.2 Å². The van der Waals surface area contributed by atoms with Crippen molar-refractivity contribution in [3.63, 3.8) is 0 Å². The maximum atomic E-state index is 11.9. The van der Waals surface area contributed by atoms with E-state index in [1.807, 2.05) is 47.8 Å². The van der Waals surface area contributed by atoms with Crippen molar-refractivity contribution in [2.24, 2.45) is 5.73 Å². The fraction of sp³-hybridized carbons (Fsp3) is 0.217. The SMILES string of the molecule is CCOC(=O)Cc1ccccc1OCc1cc(-c2nc(CN)cs2)c2occc2c1. The van der Waals surface area contributed by atoms with E-state index in [-0.39, 0.29) is 12.4 Å². The lowest BCUT2D eigenvalue weighted by Crippen LogP contribution is -2.09. The number of thiazole rings is 1. The second-order valence-electron chi connectivity index (χ2n) is 6.71. The number of carbonyl (C=O) groups excluding carboxylic acids is 1. The Morgan fingerprint density at radius 3 is 2.90 bits per heavy atom. The number of nitrogens with two attached hydrogens (primary N) is 1. The normalized spacial score (nSPS) is 11.0. The van der Waals surface area contributed by atoms with E-state index in [0.717, 1.165) is 38.4 Å². The third-order valence-corrected chi connectivity index (χ3v) is 5.53. The third-order valence-electron chi connectivity index (χ3n) is 4.61. The molecule has 0 atom stereocenters. The number of rotatable bonds is 8. The lowest BCUT2D eigenvalue weighted by atomic mass is 10.1. The maximum Gasteiger partial charge on any atom is 0.310 e. The molecule has 30 heavy (non-hydrogen) atoms. The molecular formula is C23H22N2O4S. The zero-order valence-corrected chi connectivity index (χ0v) is 17.4. The molecule has 0 fully saturated rings.